The minimum Gasteiger partial charge on any atom is -0.375 e. The van der Waals surface area contributed by atoms with Crippen molar-refractivity contribution in [3.63, 3.8) is 0 Å². The molecule has 0 unspecified atom stereocenters. The molecule has 0 atom stereocenters. The number of amides is 1. The van der Waals surface area contributed by atoms with E-state index in [0.717, 1.165) is 11.3 Å². The lowest BCUT2D eigenvalue weighted by Crippen LogP contribution is -2.17. The van der Waals surface area contributed by atoms with Gasteiger partial charge in [0.15, 0.2) is 0 Å². The maximum atomic E-state index is 11.1. The molecule has 1 rings (SSSR count). The third-order valence-corrected chi connectivity index (χ3v) is 1.69. The lowest BCUT2D eigenvalue weighted by molar-refractivity contribution is -0.119. The van der Waals surface area contributed by atoms with E-state index in [1.54, 1.807) is 0 Å². The van der Waals surface area contributed by atoms with Gasteiger partial charge >= 0.3 is 0 Å². The van der Waals surface area contributed by atoms with Crippen LogP contribution in [0.5, 0.6) is 0 Å². The van der Waals surface area contributed by atoms with Crippen molar-refractivity contribution in [1.82, 2.24) is 0 Å². The Hall–Kier alpha value is -1.35. The predicted molar refractivity (Wildman–Crippen MR) is 51.7 cm³/mol. The molecule has 3 nitrogen and oxygen atoms in total. The first-order chi connectivity index (χ1) is 6.24. The number of aryl methyl sites for hydroxylation is 1. The molecular weight excluding hydrogens is 166 g/mol. The molecule has 70 valence electrons. The largest absolute Gasteiger partial charge is 0.375 e. The van der Waals surface area contributed by atoms with Crippen molar-refractivity contribution in [3.8, 4) is 0 Å². The van der Waals surface area contributed by atoms with Gasteiger partial charge in [0.05, 0.1) is 0 Å². The van der Waals surface area contributed by atoms with Gasteiger partial charge in [-0.05, 0) is 18.6 Å². The van der Waals surface area contributed by atoms with Crippen molar-refractivity contribution in [1.29, 1.82) is 0 Å². The summed E-state index contributed by atoms with van der Waals surface area (Å²) in [6.07, 6.45) is 0. The highest BCUT2D eigenvalue weighted by molar-refractivity contribution is 5.92. The van der Waals surface area contributed by atoms with Crippen LogP contribution in [-0.2, 0) is 9.53 Å². The number of carbonyl (C=O) groups is 1. The zero-order valence-corrected chi connectivity index (χ0v) is 7.83. The molecule has 3 heteroatoms. The van der Waals surface area contributed by atoms with Crippen molar-refractivity contribution >= 4 is 11.6 Å². The Morgan fingerprint density at radius 2 is 2.15 bits per heavy atom. The molecule has 0 fully saturated rings. The molecule has 1 amide bonds. The summed E-state index contributed by atoms with van der Waals surface area (Å²) in [5.41, 5.74) is 1.89. The number of nitrogens with one attached hydrogen (secondary N) is 1. The van der Waals surface area contributed by atoms with Crippen LogP contribution in [0, 0.1) is 6.92 Å². The summed E-state index contributed by atoms with van der Waals surface area (Å²) in [5.74, 6) is -0.128. The second-order valence-corrected chi connectivity index (χ2v) is 2.80. The van der Waals surface area contributed by atoms with Gasteiger partial charge in [-0.25, -0.2) is 0 Å². The van der Waals surface area contributed by atoms with Crippen molar-refractivity contribution in [3.05, 3.63) is 29.8 Å². The van der Waals surface area contributed by atoms with Crippen LogP contribution in [0.4, 0.5) is 5.69 Å². The van der Waals surface area contributed by atoms with Crippen molar-refractivity contribution in [2.45, 2.75) is 6.92 Å². The maximum Gasteiger partial charge on any atom is 0.250 e. The predicted octanol–water partition coefficient (Wildman–Crippen LogP) is 1.58. The molecule has 0 heterocycles. The molecule has 13 heavy (non-hydrogen) atoms. The molecule has 1 aromatic rings. The summed E-state index contributed by atoms with van der Waals surface area (Å²) < 4.78 is 4.70. The normalized spacial score (nSPS) is 9.69. The molecule has 0 aliphatic carbocycles. The molecule has 0 saturated heterocycles. The first kappa shape index (κ1) is 9.74. The lowest BCUT2D eigenvalue weighted by atomic mass is 10.2. The van der Waals surface area contributed by atoms with Crippen molar-refractivity contribution < 1.29 is 9.53 Å². The Balaban J connectivity index is 2.63. The molecule has 0 aromatic heterocycles. The highest BCUT2D eigenvalue weighted by Gasteiger charge is 2.02. The van der Waals surface area contributed by atoms with Crippen LogP contribution in [0.3, 0.4) is 0 Å². The van der Waals surface area contributed by atoms with E-state index in [-0.39, 0.29) is 12.5 Å². The summed E-state index contributed by atoms with van der Waals surface area (Å²) in [5, 5.41) is 2.75. The smallest absolute Gasteiger partial charge is 0.250 e. The summed E-state index contributed by atoms with van der Waals surface area (Å²) in [4.78, 5) is 11.1. The standard InChI is InChI=1S/C10H13NO2/c1-8-5-3-4-6-9(8)11-10(12)7-13-2/h3-6H,7H2,1-2H3,(H,11,12). The summed E-state index contributed by atoms with van der Waals surface area (Å²) >= 11 is 0. The third-order valence-electron chi connectivity index (χ3n) is 1.69. The number of ether oxygens (including phenoxy) is 1. The number of para-hydroxylation sites is 1. The molecule has 0 aliphatic rings. The van der Waals surface area contributed by atoms with Crippen LogP contribution in [0.1, 0.15) is 5.56 Å². The SMILES string of the molecule is COCC(=O)Nc1ccccc1C. The van der Waals surface area contributed by atoms with E-state index in [1.165, 1.54) is 7.11 Å². The van der Waals surface area contributed by atoms with Gasteiger partial charge in [-0.3, -0.25) is 4.79 Å². The van der Waals surface area contributed by atoms with E-state index < -0.39 is 0 Å². The van der Waals surface area contributed by atoms with Gasteiger partial charge in [-0.2, -0.15) is 0 Å². The molecule has 0 radical (unpaired) electrons. The second kappa shape index (κ2) is 4.62. The number of benzene rings is 1. The van der Waals surface area contributed by atoms with E-state index >= 15 is 0 Å². The van der Waals surface area contributed by atoms with Gasteiger partial charge in [-0.15, -0.1) is 0 Å². The third kappa shape index (κ3) is 2.87. The maximum absolute atomic E-state index is 11.1. The Morgan fingerprint density at radius 1 is 1.46 bits per heavy atom. The van der Waals surface area contributed by atoms with Crippen molar-refractivity contribution in [2.24, 2.45) is 0 Å². The van der Waals surface area contributed by atoms with Gasteiger partial charge in [0.2, 0.25) is 5.91 Å². The van der Waals surface area contributed by atoms with Crippen LogP contribution in [-0.4, -0.2) is 19.6 Å². The van der Waals surface area contributed by atoms with Crippen LogP contribution >= 0.6 is 0 Å². The molecule has 1 aromatic carbocycles. The first-order valence-corrected chi connectivity index (χ1v) is 4.08. The van der Waals surface area contributed by atoms with E-state index in [1.807, 2.05) is 31.2 Å². The number of methoxy groups -OCH3 is 1. The van der Waals surface area contributed by atoms with Crippen LogP contribution < -0.4 is 5.32 Å². The zero-order valence-electron chi connectivity index (χ0n) is 7.83. The number of anilines is 1. The van der Waals surface area contributed by atoms with Crippen LogP contribution in [0.25, 0.3) is 0 Å². The minimum atomic E-state index is -0.128. The average Bonchev–Trinajstić information content (AvgIpc) is 2.09. The van der Waals surface area contributed by atoms with Crippen molar-refractivity contribution in [2.75, 3.05) is 19.0 Å². The minimum absolute atomic E-state index is 0.0916. The lowest BCUT2D eigenvalue weighted by Gasteiger charge is -2.06. The topological polar surface area (TPSA) is 38.3 Å². The Labute approximate surface area is 77.7 Å². The average molecular weight is 179 g/mol. The fraction of sp³-hybridized carbons (Fsp3) is 0.300. The quantitative estimate of drug-likeness (QED) is 0.765. The molecule has 0 spiro atoms. The van der Waals surface area contributed by atoms with Gasteiger partial charge in [0, 0.05) is 12.8 Å². The van der Waals surface area contributed by atoms with Gasteiger partial charge in [0.25, 0.3) is 0 Å². The summed E-state index contributed by atoms with van der Waals surface area (Å²) in [6.45, 7) is 2.04. The van der Waals surface area contributed by atoms with Crippen LogP contribution in [0.15, 0.2) is 24.3 Å². The fourth-order valence-electron chi connectivity index (χ4n) is 1.03. The molecule has 0 aliphatic heterocycles. The number of carbonyl (C=O) groups excluding carboxylic acids is 1. The Morgan fingerprint density at radius 3 is 2.77 bits per heavy atom. The molecule has 0 bridgehead atoms. The molecule has 0 saturated carbocycles. The highest BCUT2D eigenvalue weighted by atomic mass is 16.5. The van der Waals surface area contributed by atoms with E-state index in [4.69, 9.17) is 4.74 Å². The van der Waals surface area contributed by atoms with Gasteiger partial charge in [-0.1, -0.05) is 18.2 Å². The number of hydrogen-bond donors (Lipinski definition) is 1. The van der Waals surface area contributed by atoms with Gasteiger partial charge in [0.1, 0.15) is 6.61 Å². The second-order valence-electron chi connectivity index (χ2n) is 2.80. The number of hydrogen-bond acceptors (Lipinski definition) is 2. The monoisotopic (exact) mass is 179 g/mol. The fourth-order valence-corrected chi connectivity index (χ4v) is 1.03. The Bertz CT molecular complexity index is 297. The number of rotatable bonds is 3. The van der Waals surface area contributed by atoms with Gasteiger partial charge < -0.3 is 10.1 Å². The van der Waals surface area contributed by atoms with E-state index in [2.05, 4.69) is 5.32 Å². The van der Waals surface area contributed by atoms with E-state index in [0.29, 0.717) is 0 Å². The van der Waals surface area contributed by atoms with E-state index in [9.17, 15) is 4.79 Å². The van der Waals surface area contributed by atoms with Crippen LogP contribution in [0.2, 0.25) is 0 Å². The first-order valence-electron chi connectivity index (χ1n) is 4.08. The Kier molecular flexibility index (Phi) is 3.46. The summed E-state index contributed by atoms with van der Waals surface area (Å²) in [6, 6.07) is 7.63. The highest BCUT2D eigenvalue weighted by Crippen LogP contribution is 2.12. The molecule has 1 N–H and O–H groups in total. The molecular formula is C10H13NO2. The summed E-state index contributed by atoms with van der Waals surface area (Å²) in [7, 11) is 1.50. The zero-order chi connectivity index (χ0) is 9.68.